The highest BCUT2D eigenvalue weighted by Gasteiger charge is 2.02. The van der Waals surface area contributed by atoms with E-state index in [1.54, 1.807) is 0 Å². The molecule has 0 saturated heterocycles. The van der Waals surface area contributed by atoms with Crippen molar-refractivity contribution in [2.45, 2.75) is 20.3 Å². The Morgan fingerprint density at radius 2 is 1.71 bits per heavy atom. The molecule has 0 aromatic heterocycles. The zero-order valence-corrected chi connectivity index (χ0v) is 13.1. The van der Waals surface area contributed by atoms with Crippen LogP contribution in [0, 0.1) is 6.92 Å². The van der Waals surface area contributed by atoms with Crippen LogP contribution in [0.4, 0.5) is 5.69 Å². The Morgan fingerprint density at radius 1 is 1.05 bits per heavy atom. The van der Waals surface area contributed by atoms with E-state index < -0.39 is 0 Å². The van der Waals surface area contributed by atoms with Crippen LogP contribution >= 0.6 is 12.2 Å². The number of benzene rings is 2. The van der Waals surface area contributed by atoms with Crippen LogP contribution < -0.4 is 10.7 Å². The van der Waals surface area contributed by atoms with E-state index in [0.29, 0.717) is 5.11 Å². The van der Waals surface area contributed by atoms with Gasteiger partial charge in [-0.3, -0.25) is 5.43 Å². The van der Waals surface area contributed by atoms with E-state index in [-0.39, 0.29) is 0 Å². The summed E-state index contributed by atoms with van der Waals surface area (Å²) in [7, 11) is 0. The van der Waals surface area contributed by atoms with Gasteiger partial charge in [0, 0.05) is 5.69 Å². The first-order valence-electron chi connectivity index (χ1n) is 6.94. The van der Waals surface area contributed by atoms with E-state index in [4.69, 9.17) is 12.2 Å². The number of hydrogen-bond acceptors (Lipinski definition) is 2. The average molecular weight is 297 g/mol. The molecule has 4 heteroatoms. The molecule has 2 aromatic rings. The predicted octanol–water partition coefficient (Wildman–Crippen LogP) is 4.10. The van der Waals surface area contributed by atoms with Crippen molar-refractivity contribution < 1.29 is 0 Å². The Kier molecular flexibility index (Phi) is 5.46. The van der Waals surface area contributed by atoms with Crippen molar-refractivity contribution in [3.05, 3.63) is 65.7 Å². The predicted molar refractivity (Wildman–Crippen MR) is 93.8 cm³/mol. The molecule has 0 aliphatic rings. The number of rotatable bonds is 4. The van der Waals surface area contributed by atoms with Gasteiger partial charge in [0.2, 0.25) is 0 Å². The molecule has 0 aliphatic heterocycles. The largest absolute Gasteiger partial charge is 0.331 e. The maximum Gasteiger partial charge on any atom is 0.191 e. The molecule has 0 unspecified atom stereocenters. The molecule has 0 radical (unpaired) electrons. The second kappa shape index (κ2) is 7.55. The third-order valence-corrected chi connectivity index (χ3v) is 3.24. The Bertz CT molecular complexity index is 618. The maximum absolute atomic E-state index is 5.24. The van der Waals surface area contributed by atoms with Crippen LogP contribution in [0.3, 0.4) is 0 Å². The third-order valence-electron chi connectivity index (χ3n) is 3.04. The fraction of sp³-hybridized carbons (Fsp3) is 0.176. The number of para-hydroxylation sites is 1. The highest BCUT2D eigenvalue weighted by molar-refractivity contribution is 7.80. The van der Waals surface area contributed by atoms with Crippen molar-refractivity contribution in [3.63, 3.8) is 0 Å². The van der Waals surface area contributed by atoms with Crippen molar-refractivity contribution in [2.75, 3.05) is 5.32 Å². The minimum atomic E-state index is 0.485. The topological polar surface area (TPSA) is 36.4 Å². The fourth-order valence-corrected chi connectivity index (χ4v) is 2.06. The van der Waals surface area contributed by atoms with Crippen molar-refractivity contribution in [3.8, 4) is 0 Å². The first-order valence-corrected chi connectivity index (χ1v) is 7.35. The van der Waals surface area contributed by atoms with Gasteiger partial charge in [-0.25, -0.2) is 0 Å². The molecule has 3 nitrogen and oxygen atoms in total. The quantitative estimate of drug-likeness (QED) is 0.507. The van der Waals surface area contributed by atoms with Crippen LogP contribution in [0.1, 0.15) is 24.5 Å². The molecule has 0 heterocycles. The van der Waals surface area contributed by atoms with Crippen molar-refractivity contribution >= 4 is 28.7 Å². The molecule has 0 saturated carbocycles. The fourth-order valence-electron chi connectivity index (χ4n) is 1.89. The second-order valence-electron chi connectivity index (χ2n) is 4.71. The van der Waals surface area contributed by atoms with Crippen molar-refractivity contribution in [1.82, 2.24) is 5.43 Å². The molecule has 108 valence electrons. The smallest absolute Gasteiger partial charge is 0.191 e. The molecule has 2 rings (SSSR count). The summed E-state index contributed by atoms with van der Waals surface area (Å²) in [6, 6.07) is 18.1. The van der Waals surface area contributed by atoms with Gasteiger partial charge in [0.25, 0.3) is 0 Å². The number of hydrazone groups is 1. The van der Waals surface area contributed by atoms with Gasteiger partial charge in [-0.1, -0.05) is 55.0 Å². The van der Waals surface area contributed by atoms with Crippen LogP contribution in [0.15, 0.2) is 59.7 Å². The molecular weight excluding hydrogens is 278 g/mol. The number of nitrogens with zero attached hydrogens (tertiary/aromatic N) is 1. The van der Waals surface area contributed by atoms with Gasteiger partial charge in [0.05, 0.1) is 5.71 Å². The van der Waals surface area contributed by atoms with E-state index in [2.05, 4.69) is 54.0 Å². The zero-order valence-electron chi connectivity index (χ0n) is 12.3. The highest BCUT2D eigenvalue weighted by atomic mass is 32.1. The SMILES string of the molecule is CC/C(=N\NC(=S)Nc1ccccc1)c1ccc(C)cc1. The van der Waals surface area contributed by atoms with Crippen LogP contribution in [0.5, 0.6) is 0 Å². The molecule has 0 atom stereocenters. The standard InChI is InChI=1S/C17H19N3S/c1-3-16(14-11-9-13(2)10-12-14)19-20-17(21)18-15-7-5-4-6-8-15/h4-12H,3H2,1-2H3,(H2,18,20,21)/b19-16+. The number of aryl methyl sites for hydroxylation is 1. The van der Waals surface area contributed by atoms with Gasteiger partial charge in [-0.15, -0.1) is 0 Å². The van der Waals surface area contributed by atoms with Gasteiger partial charge >= 0.3 is 0 Å². The van der Waals surface area contributed by atoms with E-state index in [9.17, 15) is 0 Å². The van der Waals surface area contributed by atoms with Crippen LogP contribution in [-0.4, -0.2) is 10.8 Å². The monoisotopic (exact) mass is 297 g/mol. The zero-order chi connectivity index (χ0) is 15.1. The van der Waals surface area contributed by atoms with Crippen molar-refractivity contribution in [2.24, 2.45) is 5.10 Å². The Labute approximate surface area is 131 Å². The summed E-state index contributed by atoms with van der Waals surface area (Å²) in [6.07, 6.45) is 0.837. The molecule has 21 heavy (non-hydrogen) atoms. The van der Waals surface area contributed by atoms with Crippen molar-refractivity contribution in [1.29, 1.82) is 0 Å². The van der Waals surface area contributed by atoms with Crippen LogP contribution in [0.25, 0.3) is 0 Å². The Morgan fingerprint density at radius 3 is 2.33 bits per heavy atom. The lowest BCUT2D eigenvalue weighted by Crippen LogP contribution is -2.25. The summed E-state index contributed by atoms with van der Waals surface area (Å²) < 4.78 is 0. The molecular formula is C17H19N3S. The first-order chi connectivity index (χ1) is 10.2. The molecule has 0 amide bonds. The lowest BCUT2D eigenvalue weighted by molar-refractivity contribution is 1.02. The molecule has 0 bridgehead atoms. The van der Waals surface area contributed by atoms with E-state index in [0.717, 1.165) is 23.4 Å². The molecule has 0 fully saturated rings. The minimum Gasteiger partial charge on any atom is -0.331 e. The molecule has 2 aromatic carbocycles. The van der Waals surface area contributed by atoms with E-state index in [1.807, 2.05) is 30.3 Å². The Balaban J connectivity index is 2.00. The Hall–Kier alpha value is -2.20. The summed E-state index contributed by atoms with van der Waals surface area (Å²) in [4.78, 5) is 0. The lowest BCUT2D eigenvalue weighted by atomic mass is 10.1. The molecule has 2 N–H and O–H groups in total. The average Bonchev–Trinajstić information content (AvgIpc) is 2.50. The van der Waals surface area contributed by atoms with Gasteiger partial charge in [0.1, 0.15) is 0 Å². The first kappa shape index (κ1) is 15.2. The number of anilines is 1. The third kappa shape index (κ3) is 4.68. The van der Waals surface area contributed by atoms with Crippen LogP contribution in [-0.2, 0) is 0 Å². The van der Waals surface area contributed by atoms with Gasteiger partial charge in [-0.2, -0.15) is 5.10 Å². The highest BCUT2D eigenvalue weighted by Crippen LogP contribution is 2.07. The van der Waals surface area contributed by atoms with Gasteiger partial charge in [0.15, 0.2) is 5.11 Å². The second-order valence-corrected chi connectivity index (χ2v) is 5.12. The number of nitrogens with one attached hydrogen (secondary N) is 2. The summed E-state index contributed by atoms with van der Waals surface area (Å²) in [5, 5.41) is 7.98. The molecule has 0 spiro atoms. The summed E-state index contributed by atoms with van der Waals surface area (Å²) >= 11 is 5.24. The van der Waals surface area contributed by atoms with E-state index >= 15 is 0 Å². The van der Waals surface area contributed by atoms with Gasteiger partial charge in [-0.05, 0) is 43.3 Å². The summed E-state index contributed by atoms with van der Waals surface area (Å²) in [5.41, 5.74) is 7.17. The van der Waals surface area contributed by atoms with E-state index in [1.165, 1.54) is 5.56 Å². The normalized spacial score (nSPS) is 11.0. The van der Waals surface area contributed by atoms with Crippen LogP contribution in [0.2, 0.25) is 0 Å². The maximum atomic E-state index is 5.24. The lowest BCUT2D eigenvalue weighted by Gasteiger charge is -2.09. The van der Waals surface area contributed by atoms with Gasteiger partial charge < -0.3 is 5.32 Å². The summed E-state index contributed by atoms with van der Waals surface area (Å²) in [6.45, 7) is 4.15. The number of hydrogen-bond donors (Lipinski definition) is 2. The number of thiocarbonyl (C=S) groups is 1. The summed E-state index contributed by atoms with van der Waals surface area (Å²) in [5.74, 6) is 0. The molecule has 0 aliphatic carbocycles. The minimum absolute atomic E-state index is 0.485.